The predicted molar refractivity (Wildman–Crippen MR) is 123 cm³/mol. The van der Waals surface area contributed by atoms with Crippen molar-refractivity contribution in [3.8, 4) is 22.8 Å². The standard InChI is InChI=1S/C22H16ClN5O4S/c23-17-1-3-18(4-2-17)27-21(14-5-7-24-8-6-14)25-26-22(27)33-12-16-10-19(28(29)30)9-15-11-31-13-32-20(15)16/h1-10H,11-13H2. The van der Waals surface area contributed by atoms with Crippen molar-refractivity contribution < 1.29 is 14.4 Å². The number of benzene rings is 2. The lowest BCUT2D eigenvalue weighted by Crippen LogP contribution is -2.13. The third-order valence-electron chi connectivity index (χ3n) is 5.00. The molecule has 0 atom stereocenters. The van der Waals surface area contributed by atoms with Crippen LogP contribution < -0.4 is 4.74 Å². The minimum Gasteiger partial charge on any atom is -0.467 e. The van der Waals surface area contributed by atoms with Gasteiger partial charge in [-0.3, -0.25) is 19.7 Å². The summed E-state index contributed by atoms with van der Waals surface area (Å²) in [5.74, 6) is 1.66. The molecule has 1 aliphatic rings. The minimum atomic E-state index is -0.416. The van der Waals surface area contributed by atoms with Crippen LogP contribution in [-0.4, -0.2) is 31.5 Å². The van der Waals surface area contributed by atoms with Crippen LogP contribution in [0.3, 0.4) is 0 Å². The van der Waals surface area contributed by atoms with Gasteiger partial charge in [0.15, 0.2) is 17.8 Å². The number of hydrogen-bond donors (Lipinski definition) is 0. The van der Waals surface area contributed by atoms with Crippen molar-refractivity contribution in [2.24, 2.45) is 0 Å². The van der Waals surface area contributed by atoms with E-state index in [1.807, 2.05) is 28.8 Å². The fourth-order valence-corrected chi connectivity index (χ4v) is 4.55. The molecule has 1 aliphatic heterocycles. The van der Waals surface area contributed by atoms with Crippen molar-refractivity contribution in [2.45, 2.75) is 17.5 Å². The number of fused-ring (bicyclic) bond motifs is 1. The molecule has 3 heterocycles. The van der Waals surface area contributed by atoms with E-state index in [1.165, 1.54) is 23.9 Å². The van der Waals surface area contributed by atoms with Crippen LogP contribution in [0.4, 0.5) is 5.69 Å². The summed E-state index contributed by atoms with van der Waals surface area (Å²) in [6.45, 7) is 0.372. The van der Waals surface area contributed by atoms with E-state index in [1.54, 1.807) is 24.5 Å². The highest BCUT2D eigenvalue weighted by atomic mass is 35.5. The Bertz CT molecular complexity index is 1310. The van der Waals surface area contributed by atoms with E-state index >= 15 is 0 Å². The van der Waals surface area contributed by atoms with Crippen molar-refractivity contribution in [1.29, 1.82) is 0 Å². The molecule has 0 radical (unpaired) electrons. The lowest BCUT2D eigenvalue weighted by molar-refractivity contribution is -0.385. The van der Waals surface area contributed by atoms with Gasteiger partial charge in [-0.1, -0.05) is 23.4 Å². The Hall–Kier alpha value is -3.47. The molecular formula is C22H16ClN5O4S. The molecule has 0 spiro atoms. The summed E-state index contributed by atoms with van der Waals surface area (Å²) in [4.78, 5) is 15.1. The van der Waals surface area contributed by atoms with Crippen LogP contribution in [0.15, 0.2) is 66.1 Å². The quantitative estimate of drug-likeness (QED) is 0.214. The van der Waals surface area contributed by atoms with Gasteiger partial charge < -0.3 is 9.47 Å². The van der Waals surface area contributed by atoms with Crippen molar-refractivity contribution in [3.05, 3.63) is 87.2 Å². The third kappa shape index (κ3) is 4.40. The second kappa shape index (κ2) is 9.18. The number of ether oxygens (including phenoxy) is 2. The summed E-state index contributed by atoms with van der Waals surface area (Å²) in [5, 5.41) is 21.5. The molecule has 33 heavy (non-hydrogen) atoms. The summed E-state index contributed by atoms with van der Waals surface area (Å²) in [6.07, 6.45) is 3.38. The molecule has 0 saturated heterocycles. The van der Waals surface area contributed by atoms with E-state index < -0.39 is 4.92 Å². The summed E-state index contributed by atoms with van der Waals surface area (Å²) in [5.41, 5.74) is 3.04. The van der Waals surface area contributed by atoms with Gasteiger partial charge in [0.1, 0.15) is 5.75 Å². The molecule has 4 aromatic rings. The number of nitro benzene ring substituents is 1. The third-order valence-corrected chi connectivity index (χ3v) is 6.23. The van der Waals surface area contributed by atoms with Gasteiger partial charge in [-0.25, -0.2) is 0 Å². The van der Waals surface area contributed by atoms with Crippen LogP contribution in [-0.2, 0) is 17.1 Å². The number of pyridine rings is 1. The van der Waals surface area contributed by atoms with Gasteiger partial charge in [0.05, 0.1) is 11.5 Å². The summed E-state index contributed by atoms with van der Waals surface area (Å²) >= 11 is 7.49. The summed E-state index contributed by atoms with van der Waals surface area (Å²) < 4.78 is 12.9. The van der Waals surface area contributed by atoms with E-state index in [0.717, 1.165) is 11.3 Å². The number of nitro groups is 1. The molecule has 2 aromatic carbocycles. The molecule has 0 aliphatic carbocycles. The Morgan fingerprint density at radius 3 is 2.67 bits per heavy atom. The molecule has 0 saturated carbocycles. The minimum absolute atomic E-state index is 0.00454. The molecule has 9 nitrogen and oxygen atoms in total. The highest BCUT2D eigenvalue weighted by Gasteiger charge is 2.22. The fourth-order valence-electron chi connectivity index (χ4n) is 3.51. The first-order valence-corrected chi connectivity index (χ1v) is 11.2. The average molecular weight is 482 g/mol. The summed E-state index contributed by atoms with van der Waals surface area (Å²) in [7, 11) is 0. The Morgan fingerprint density at radius 2 is 1.91 bits per heavy atom. The van der Waals surface area contributed by atoms with Crippen LogP contribution in [0.1, 0.15) is 11.1 Å². The first-order chi connectivity index (χ1) is 16.1. The molecule has 2 aromatic heterocycles. The van der Waals surface area contributed by atoms with E-state index in [9.17, 15) is 10.1 Å². The number of non-ortho nitro benzene ring substituents is 1. The lowest BCUT2D eigenvalue weighted by Gasteiger charge is -2.20. The Labute approximate surface area is 197 Å². The average Bonchev–Trinajstić information content (AvgIpc) is 3.27. The number of hydrogen-bond acceptors (Lipinski definition) is 8. The van der Waals surface area contributed by atoms with Gasteiger partial charge in [0, 0.05) is 57.7 Å². The highest BCUT2D eigenvalue weighted by Crippen LogP contribution is 2.37. The molecule has 0 unspecified atom stereocenters. The number of thioether (sulfide) groups is 1. The first kappa shape index (κ1) is 21.4. The molecule has 5 rings (SSSR count). The van der Waals surface area contributed by atoms with E-state index in [-0.39, 0.29) is 19.1 Å². The van der Waals surface area contributed by atoms with Crippen LogP contribution in [0, 0.1) is 10.1 Å². The normalized spacial score (nSPS) is 12.8. The van der Waals surface area contributed by atoms with Gasteiger partial charge in [0.2, 0.25) is 0 Å². The zero-order valence-electron chi connectivity index (χ0n) is 17.1. The fraction of sp³-hybridized carbons (Fsp3) is 0.136. The van der Waals surface area contributed by atoms with Gasteiger partial charge in [-0.05, 0) is 36.4 Å². The van der Waals surface area contributed by atoms with E-state index in [0.29, 0.717) is 38.6 Å². The molecule has 0 amide bonds. The SMILES string of the molecule is O=[N+]([O-])c1cc2c(c(CSc3nnc(-c4ccncc4)n3-c3ccc(Cl)cc3)c1)OCOC2. The van der Waals surface area contributed by atoms with Crippen molar-refractivity contribution in [2.75, 3.05) is 6.79 Å². The zero-order chi connectivity index (χ0) is 22.8. The lowest BCUT2D eigenvalue weighted by atomic mass is 10.1. The largest absolute Gasteiger partial charge is 0.467 e. The first-order valence-electron chi connectivity index (χ1n) is 9.85. The van der Waals surface area contributed by atoms with Gasteiger partial charge >= 0.3 is 0 Å². The number of aromatic nitrogens is 4. The van der Waals surface area contributed by atoms with Gasteiger partial charge in [-0.2, -0.15) is 0 Å². The van der Waals surface area contributed by atoms with Crippen LogP contribution >= 0.6 is 23.4 Å². The molecule has 0 bridgehead atoms. The van der Waals surface area contributed by atoms with Crippen molar-refractivity contribution in [3.63, 3.8) is 0 Å². The summed E-state index contributed by atoms with van der Waals surface area (Å²) in [6, 6.07) is 14.1. The second-order valence-corrected chi connectivity index (χ2v) is 8.48. The second-order valence-electron chi connectivity index (χ2n) is 7.10. The van der Waals surface area contributed by atoms with Gasteiger partial charge in [-0.15, -0.1) is 10.2 Å². The Balaban J connectivity index is 1.53. The van der Waals surface area contributed by atoms with E-state index in [2.05, 4.69) is 15.2 Å². The maximum Gasteiger partial charge on any atom is 0.270 e. The van der Waals surface area contributed by atoms with Crippen LogP contribution in [0.2, 0.25) is 5.02 Å². The molecule has 166 valence electrons. The molecule has 0 N–H and O–H groups in total. The van der Waals surface area contributed by atoms with E-state index in [4.69, 9.17) is 21.1 Å². The van der Waals surface area contributed by atoms with Crippen molar-refractivity contribution in [1.82, 2.24) is 19.7 Å². The van der Waals surface area contributed by atoms with Crippen LogP contribution in [0.5, 0.6) is 5.75 Å². The smallest absolute Gasteiger partial charge is 0.270 e. The van der Waals surface area contributed by atoms with Gasteiger partial charge in [0.25, 0.3) is 5.69 Å². The number of nitrogens with zero attached hydrogens (tertiary/aromatic N) is 5. The van der Waals surface area contributed by atoms with Crippen LogP contribution in [0.25, 0.3) is 17.1 Å². The molecule has 11 heteroatoms. The maximum absolute atomic E-state index is 11.4. The maximum atomic E-state index is 11.4. The molecule has 0 fully saturated rings. The van der Waals surface area contributed by atoms with Crippen molar-refractivity contribution >= 4 is 29.1 Å². The zero-order valence-corrected chi connectivity index (χ0v) is 18.6. The Kier molecular flexibility index (Phi) is 5.95. The predicted octanol–water partition coefficient (Wildman–Crippen LogP) is 5.05. The molecular weight excluding hydrogens is 466 g/mol. The number of halogens is 1. The highest BCUT2D eigenvalue weighted by molar-refractivity contribution is 7.98. The monoisotopic (exact) mass is 481 g/mol. The topological polar surface area (TPSA) is 105 Å². The Morgan fingerprint density at radius 1 is 1.12 bits per heavy atom. The number of rotatable bonds is 6.